The summed E-state index contributed by atoms with van der Waals surface area (Å²) in [5, 5.41) is 26.2. The normalized spacial score (nSPS) is 10.6. The second-order valence-electron chi connectivity index (χ2n) is 4.65. The number of unbranched alkanes of at least 4 members (excludes halogenated alkanes) is 5. The molecule has 0 aliphatic carbocycles. The number of ether oxygens (including phenoxy) is 1. The molecule has 0 saturated carbocycles. The number of aliphatic hydroxyl groups is 2. The van der Waals surface area contributed by atoms with Gasteiger partial charge in [-0.1, -0.05) is 52.5 Å². The maximum atomic E-state index is 9.29. The van der Waals surface area contributed by atoms with Crippen LogP contribution in [0.15, 0.2) is 12.7 Å². The number of aliphatic carboxylic acids is 1. The molecule has 20 heavy (non-hydrogen) atoms. The fraction of sp³-hybridized carbons (Fsp3) is 0.800. The first-order valence-corrected chi connectivity index (χ1v) is 7.33. The molecule has 0 aliphatic rings. The quantitative estimate of drug-likeness (QED) is 0.309. The molecule has 0 saturated heterocycles. The highest BCUT2D eigenvalue weighted by molar-refractivity contribution is 5.78. The summed E-state index contributed by atoms with van der Waals surface area (Å²) in [6.07, 6.45) is 8.89. The molecular weight excluding hydrogens is 260 g/mol. The summed E-state index contributed by atoms with van der Waals surface area (Å²) in [7, 11) is 0. The predicted octanol–water partition coefficient (Wildman–Crippen LogP) is 3.06. The molecule has 0 spiro atoms. The molecule has 0 atom stereocenters. The standard InChI is InChI=1S/C12H26O3.C3H4O2/c1-3-5-6-7-8-9-11-15-12(13,14)10-4-2;1-2-3(4)5/h13-14H,3-11H2,1-2H3;2H,1H2,(H,4,5). The van der Waals surface area contributed by atoms with Crippen molar-refractivity contribution in [3.05, 3.63) is 12.7 Å². The number of carbonyl (C=O) groups is 1. The molecule has 5 heteroatoms. The highest BCUT2D eigenvalue weighted by Crippen LogP contribution is 2.12. The van der Waals surface area contributed by atoms with Gasteiger partial charge >= 0.3 is 5.97 Å². The highest BCUT2D eigenvalue weighted by Gasteiger charge is 2.21. The van der Waals surface area contributed by atoms with E-state index in [0.29, 0.717) is 13.0 Å². The zero-order valence-corrected chi connectivity index (χ0v) is 12.8. The molecule has 3 N–H and O–H groups in total. The third kappa shape index (κ3) is 19.4. The zero-order chi connectivity index (χ0) is 15.9. The molecule has 120 valence electrons. The summed E-state index contributed by atoms with van der Waals surface area (Å²) < 4.78 is 4.99. The van der Waals surface area contributed by atoms with Crippen LogP contribution in [0.1, 0.15) is 65.2 Å². The summed E-state index contributed by atoms with van der Waals surface area (Å²) in [5.74, 6) is -2.89. The molecule has 0 rings (SSSR count). The Morgan fingerprint density at radius 1 is 1.10 bits per heavy atom. The van der Waals surface area contributed by atoms with Gasteiger partial charge in [-0.15, -0.1) is 0 Å². The highest BCUT2D eigenvalue weighted by atomic mass is 16.8. The number of rotatable bonds is 11. The van der Waals surface area contributed by atoms with E-state index in [9.17, 15) is 15.0 Å². The van der Waals surface area contributed by atoms with E-state index in [-0.39, 0.29) is 6.42 Å². The molecule has 0 aromatic heterocycles. The van der Waals surface area contributed by atoms with Crippen molar-refractivity contribution in [2.24, 2.45) is 0 Å². The molecule has 0 heterocycles. The van der Waals surface area contributed by atoms with Crippen LogP contribution in [0, 0.1) is 0 Å². The number of hydrogen-bond donors (Lipinski definition) is 3. The van der Waals surface area contributed by atoms with Gasteiger partial charge in [-0.3, -0.25) is 0 Å². The van der Waals surface area contributed by atoms with Crippen LogP contribution in [0.3, 0.4) is 0 Å². The summed E-state index contributed by atoms with van der Waals surface area (Å²) in [6, 6.07) is 0. The first-order chi connectivity index (χ1) is 9.39. The SMILES string of the molecule is C=CC(=O)O.CCCCCCCCOC(O)(O)CCC. The molecule has 0 bridgehead atoms. The Morgan fingerprint density at radius 2 is 1.60 bits per heavy atom. The van der Waals surface area contributed by atoms with Crippen LogP contribution in [0.4, 0.5) is 0 Å². The van der Waals surface area contributed by atoms with Crippen LogP contribution in [0.25, 0.3) is 0 Å². The van der Waals surface area contributed by atoms with Gasteiger partial charge in [-0.25, -0.2) is 4.79 Å². The van der Waals surface area contributed by atoms with Crippen LogP contribution in [-0.4, -0.2) is 33.9 Å². The molecular formula is C15H30O5. The molecule has 0 amide bonds. The van der Waals surface area contributed by atoms with E-state index < -0.39 is 11.9 Å². The fourth-order valence-corrected chi connectivity index (χ4v) is 1.52. The molecule has 0 unspecified atom stereocenters. The van der Waals surface area contributed by atoms with Crippen molar-refractivity contribution in [2.45, 2.75) is 71.2 Å². The second kappa shape index (κ2) is 14.5. The van der Waals surface area contributed by atoms with Crippen molar-refractivity contribution in [2.75, 3.05) is 6.61 Å². The van der Waals surface area contributed by atoms with E-state index in [1.807, 2.05) is 6.92 Å². The van der Waals surface area contributed by atoms with Gasteiger partial charge in [0.05, 0.1) is 6.61 Å². The van der Waals surface area contributed by atoms with E-state index in [4.69, 9.17) is 9.84 Å². The smallest absolute Gasteiger partial charge is 0.327 e. The molecule has 5 nitrogen and oxygen atoms in total. The molecule has 0 aromatic rings. The van der Waals surface area contributed by atoms with E-state index in [1.165, 1.54) is 25.7 Å². The van der Waals surface area contributed by atoms with Crippen LogP contribution in [-0.2, 0) is 9.53 Å². The van der Waals surface area contributed by atoms with Gasteiger partial charge < -0.3 is 20.1 Å². The summed E-state index contributed by atoms with van der Waals surface area (Å²) in [6.45, 7) is 7.50. The van der Waals surface area contributed by atoms with Gasteiger partial charge in [-0.05, 0) is 12.8 Å². The van der Waals surface area contributed by atoms with Crippen molar-refractivity contribution in [1.29, 1.82) is 0 Å². The Kier molecular flexibility index (Phi) is 15.5. The van der Waals surface area contributed by atoms with E-state index in [0.717, 1.165) is 18.9 Å². The van der Waals surface area contributed by atoms with Crippen molar-refractivity contribution in [3.63, 3.8) is 0 Å². The number of carboxylic acids is 1. The Labute approximate surface area is 122 Å². The minimum absolute atomic E-state index is 0.281. The number of carboxylic acid groups (broad SMARTS) is 1. The lowest BCUT2D eigenvalue weighted by Gasteiger charge is -2.20. The van der Waals surface area contributed by atoms with Gasteiger partial charge in [0, 0.05) is 12.5 Å². The van der Waals surface area contributed by atoms with Gasteiger partial charge in [0.1, 0.15) is 0 Å². The Hall–Kier alpha value is -0.910. The van der Waals surface area contributed by atoms with Crippen molar-refractivity contribution in [3.8, 4) is 0 Å². The lowest BCUT2D eigenvalue weighted by Crippen LogP contribution is -2.31. The van der Waals surface area contributed by atoms with Gasteiger partial charge in [0.25, 0.3) is 5.97 Å². The lowest BCUT2D eigenvalue weighted by atomic mass is 10.1. The summed E-state index contributed by atoms with van der Waals surface area (Å²) in [5.41, 5.74) is 0. The van der Waals surface area contributed by atoms with Crippen molar-refractivity contribution >= 4 is 5.97 Å². The van der Waals surface area contributed by atoms with Crippen molar-refractivity contribution in [1.82, 2.24) is 0 Å². The monoisotopic (exact) mass is 290 g/mol. The van der Waals surface area contributed by atoms with Crippen LogP contribution < -0.4 is 0 Å². The Balaban J connectivity index is 0. The number of hydrogen-bond acceptors (Lipinski definition) is 4. The largest absolute Gasteiger partial charge is 0.478 e. The van der Waals surface area contributed by atoms with Crippen LogP contribution in [0.5, 0.6) is 0 Å². The average Bonchev–Trinajstić information content (AvgIpc) is 2.38. The van der Waals surface area contributed by atoms with Crippen LogP contribution in [0.2, 0.25) is 0 Å². The van der Waals surface area contributed by atoms with E-state index in [2.05, 4.69) is 13.5 Å². The first kappa shape index (κ1) is 21.4. The summed E-state index contributed by atoms with van der Waals surface area (Å²) in [4.78, 5) is 9.25. The second-order valence-corrected chi connectivity index (χ2v) is 4.65. The predicted molar refractivity (Wildman–Crippen MR) is 79.2 cm³/mol. The topological polar surface area (TPSA) is 87.0 Å². The Bertz CT molecular complexity index is 238. The molecule has 0 aliphatic heterocycles. The van der Waals surface area contributed by atoms with Gasteiger partial charge in [-0.2, -0.15) is 0 Å². The lowest BCUT2D eigenvalue weighted by molar-refractivity contribution is -0.340. The third-order valence-electron chi connectivity index (χ3n) is 2.58. The van der Waals surface area contributed by atoms with E-state index in [1.54, 1.807) is 0 Å². The molecule has 0 radical (unpaired) electrons. The maximum absolute atomic E-state index is 9.29. The van der Waals surface area contributed by atoms with Gasteiger partial charge in [0.15, 0.2) is 0 Å². The summed E-state index contributed by atoms with van der Waals surface area (Å²) >= 11 is 0. The Morgan fingerprint density at radius 3 is 2.05 bits per heavy atom. The zero-order valence-electron chi connectivity index (χ0n) is 12.8. The maximum Gasteiger partial charge on any atom is 0.327 e. The first-order valence-electron chi connectivity index (χ1n) is 7.33. The van der Waals surface area contributed by atoms with Crippen molar-refractivity contribution < 1.29 is 24.9 Å². The fourth-order valence-electron chi connectivity index (χ4n) is 1.52. The van der Waals surface area contributed by atoms with Gasteiger partial charge in [0.2, 0.25) is 0 Å². The van der Waals surface area contributed by atoms with Crippen LogP contribution >= 0.6 is 0 Å². The average molecular weight is 290 g/mol. The minimum atomic E-state index is -1.90. The molecule has 0 fully saturated rings. The third-order valence-corrected chi connectivity index (χ3v) is 2.58. The van der Waals surface area contributed by atoms with E-state index >= 15 is 0 Å². The minimum Gasteiger partial charge on any atom is -0.478 e. The molecule has 0 aromatic carbocycles.